The maximum absolute atomic E-state index is 12.1. The Balaban J connectivity index is 1.61. The number of amides is 2. The number of ether oxygens (including phenoxy) is 1. The quantitative estimate of drug-likeness (QED) is 0.910. The Morgan fingerprint density at radius 1 is 1.13 bits per heavy atom. The summed E-state index contributed by atoms with van der Waals surface area (Å²) < 4.78 is 5.50. The Bertz CT molecular complexity index is 713. The van der Waals surface area contributed by atoms with Gasteiger partial charge in [0.2, 0.25) is 11.8 Å². The van der Waals surface area contributed by atoms with Gasteiger partial charge in [-0.05, 0) is 23.3 Å². The lowest BCUT2D eigenvalue weighted by molar-refractivity contribution is -0.120. The molecule has 5 heteroatoms. The van der Waals surface area contributed by atoms with Gasteiger partial charge in [-0.3, -0.25) is 9.59 Å². The molecule has 0 atom stereocenters. The molecular formula is C18H18N2O3. The van der Waals surface area contributed by atoms with Crippen LogP contribution in [0.1, 0.15) is 17.5 Å². The van der Waals surface area contributed by atoms with Crippen molar-refractivity contribution in [3.63, 3.8) is 0 Å². The fourth-order valence-electron chi connectivity index (χ4n) is 2.42. The minimum atomic E-state index is -0.0746. The fourth-order valence-corrected chi connectivity index (χ4v) is 2.42. The fraction of sp³-hybridized carbons (Fsp3) is 0.222. The van der Waals surface area contributed by atoms with Crippen LogP contribution >= 0.6 is 0 Å². The number of hydrogen-bond donors (Lipinski definition) is 2. The highest BCUT2D eigenvalue weighted by Gasteiger charge is 2.14. The van der Waals surface area contributed by atoms with Crippen molar-refractivity contribution in [1.29, 1.82) is 0 Å². The predicted molar refractivity (Wildman–Crippen MR) is 87.2 cm³/mol. The van der Waals surface area contributed by atoms with Crippen LogP contribution in [0.2, 0.25) is 0 Å². The summed E-state index contributed by atoms with van der Waals surface area (Å²) in [5.41, 5.74) is 2.52. The summed E-state index contributed by atoms with van der Waals surface area (Å²) >= 11 is 0. The van der Waals surface area contributed by atoms with Crippen molar-refractivity contribution in [2.75, 3.05) is 11.9 Å². The van der Waals surface area contributed by atoms with Gasteiger partial charge in [0.05, 0.1) is 25.1 Å². The maximum atomic E-state index is 12.1. The third-order valence-corrected chi connectivity index (χ3v) is 3.60. The van der Waals surface area contributed by atoms with Crippen LogP contribution in [0.25, 0.3) is 0 Å². The molecule has 5 nitrogen and oxygen atoms in total. The topological polar surface area (TPSA) is 67.4 Å². The average molecular weight is 310 g/mol. The van der Waals surface area contributed by atoms with Crippen molar-refractivity contribution in [2.24, 2.45) is 0 Å². The van der Waals surface area contributed by atoms with Gasteiger partial charge in [-0.25, -0.2) is 0 Å². The van der Waals surface area contributed by atoms with E-state index >= 15 is 0 Å². The lowest BCUT2D eigenvalue weighted by Crippen LogP contribution is -2.24. The molecular weight excluding hydrogens is 292 g/mol. The first-order valence-corrected chi connectivity index (χ1v) is 7.57. The van der Waals surface area contributed by atoms with E-state index in [9.17, 15) is 9.59 Å². The maximum Gasteiger partial charge on any atom is 0.227 e. The van der Waals surface area contributed by atoms with Gasteiger partial charge in [-0.1, -0.05) is 36.4 Å². The zero-order valence-corrected chi connectivity index (χ0v) is 12.7. The Kier molecular flexibility index (Phi) is 4.57. The van der Waals surface area contributed by atoms with Gasteiger partial charge in [-0.15, -0.1) is 0 Å². The second-order valence-electron chi connectivity index (χ2n) is 5.42. The molecule has 0 bridgehead atoms. The molecule has 0 saturated carbocycles. The molecule has 0 fully saturated rings. The minimum Gasteiger partial charge on any atom is -0.491 e. The minimum absolute atomic E-state index is 0.0605. The molecule has 0 aromatic heterocycles. The van der Waals surface area contributed by atoms with Crippen LogP contribution in [0.5, 0.6) is 5.75 Å². The zero-order chi connectivity index (χ0) is 16.1. The van der Waals surface area contributed by atoms with Crippen LogP contribution in [0.4, 0.5) is 5.69 Å². The molecule has 1 aliphatic rings. The second kappa shape index (κ2) is 6.96. The molecule has 1 heterocycles. The van der Waals surface area contributed by atoms with Gasteiger partial charge in [0, 0.05) is 6.54 Å². The number of rotatable bonds is 4. The number of carbonyl (C=O) groups is 2. The third-order valence-electron chi connectivity index (χ3n) is 3.60. The summed E-state index contributed by atoms with van der Waals surface area (Å²) in [5.74, 6) is 0.508. The average Bonchev–Trinajstić information content (AvgIpc) is 2.74. The van der Waals surface area contributed by atoms with E-state index in [2.05, 4.69) is 10.6 Å². The first-order chi connectivity index (χ1) is 11.2. The summed E-state index contributed by atoms with van der Waals surface area (Å²) in [6, 6.07) is 15.2. The third kappa shape index (κ3) is 4.10. The smallest absolute Gasteiger partial charge is 0.227 e. The van der Waals surface area contributed by atoms with Crippen LogP contribution in [0, 0.1) is 0 Å². The highest BCUT2D eigenvalue weighted by atomic mass is 16.5. The summed E-state index contributed by atoms with van der Waals surface area (Å²) in [4.78, 5) is 23.6. The van der Waals surface area contributed by atoms with Gasteiger partial charge >= 0.3 is 0 Å². The monoisotopic (exact) mass is 310 g/mol. The molecule has 0 saturated heterocycles. The Morgan fingerprint density at radius 2 is 1.96 bits per heavy atom. The van der Waals surface area contributed by atoms with Crippen LogP contribution in [0.15, 0.2) is 48.5 Å². The Labute approximate surface area is 134 Å². The van der Waals surface area contributed by atoms with Gasteiger partial charge in [0.15, 0.2) is 0 Å². The Hall–Kier alpha value is -2.82. The number of hydrogen-bond acceptors (Lipinski definition) is 3. The van der Waals surface area contributed by atoms with E-state index in [-0.39, 0.29) is 18.2 Å². The summed E-state index contributed by atoms with van der Waals surface area (Å²) in [7, 11) is 0. The number of carbonyl (C=O) groups excluding carboxylic acids is 2. The van der Waals surface area contributed by atoms with Crippen LogP contribution < -0.4 is 15.4 Å². The van der Waals surface area contributed by atoms with Crippen LogP contribution in [-0.2, 0) is 22.6 Å². The summed E-state index contributed by atoms with van der Waals surface area (Å²) in [6.45, 7) is 0.875. The first-order valence-electron chi connectivity index (χ1n) is 7.57. The lowest BCUT2D eigenvalue weighted by atomic mass is 10.1. The first kappa shape index (κ1) is 15.1. The SMILES string of the molecule is O=C(Cc1ccc2c(c1)NC(=O)CCO2)NCc1ccccc1. The predicted octanol–water partition coefficient (Wildman–Crippen LogP) is 2.27. The number of nitrogens with one attached hydrogen (secondary N) is 2. The molecule has 23 heavy (non-hydrogen) atoms. The van der Waals surface area contributed by atoms with Gasteiger partial charge < -0.3 is 15.4 Å². The van der Waals surface area contributed by atoms with E-state index in [4.69, 9.17) is 4.74 Å². The van der Waals surface area contributed by atoms with Crippen molar-refractivity contribution in [3.05, 3.63) is 59.7 Å². The van der Waals surface area contributed by atoms with Crippen molar-refractivity contribution < 1.29 is 14.3 Å². The van der Waals surface area contributed by atoms with Crippen molar-refractivity contribution in [3.8, 4) is 5.75 Å². The van der Waals surface area contributed by atoms with Gasteiger partial charge in [0.25, 0.3) is 0 Å². The Morgan fingerprint density at radius 3 is 2.78 bits per heavy atom. The van der Waals surface area contributed by atoms with Crippen LogP contribution in [-0.4, -0.2) is 18.4 Å². The molecule has 1 aliphatic heterocycles. The lowest BCUT2D eigenvalue weighted by Gasteiger charge is -2.10. The van der Waals surface area contributed by atoms with Gasteiger partial charge in [0.1, 0.15) is 5.75 Å². The standard InChI is InChI=1S/C18H18N2O3/c21-17-8-9-23-16-7-6-14(10-15(16)20-17)11-18(22)19-12-13-4-2-1-3-5-13/h1-7,10H,8-9,11-12H2,(H,19,22)(H,20,21). The second-order valence-corrected chi connectivity index (χ2v) is 5.42. The van der Waals surface area contributed by atoms with Crippen LogP contribution in [0.3, 0.4) is 0 Å². The van der Waals surface area contributed by atoms with Gasteiger partial charge in [-0.2, -0.15) is 0 Å². The summed E-state index contributed by atoms with van der Waals surface area (Å²) in [5, 5.41) is 5.69. The number of fused-ring (bicyclic) bond motifs is 1. The van der Waals surface area contributed by atoms with E-state index in [1.165, 1.54) is 0 Å². The molecule has 0 radical (unpaired) electrons. The zero-order valence-electron chi connectivity index (χ0n) is 12.7. The number of benzene rings is 2. The van der Waals surface area contributed by atoms with Crippen molar-refractivity contribution >= 4 is 17.5 Å². The summed E-state index contributed by atoms with van der Waals surface area (Å²) in [6.07, 6.45) is 0.595. The van der Waals surface area contributed by atoms with Crippen molar-refractivity contribution in [2.45, 2.75) is 19.4 Å². The molecule has 0 unspecified atom stereocenters. The van der Waals surface area contributed by atoms with E-state index in [0.29, 0.717) is 31.0 Å². The highest BCUT2D eigenvalue weighted by molar-refractivity contribution is 5.93. The highest BCUT2D eigenvalue weighted by Crippen LogP contribution is 2.28. The largest absolute Gasteiger partial charge is 0.491 e. The molecule has 118 valence electrons. The molecule has 3 rings (SSSR count). The molecule has 2 N–H and O–H groups in total. The molecule has 2 aromatic rings. The number of anilines is 1. The van der Waals surface area contributed by atoms with E-state index < -0.39 is 0 Å². The molecule has 2 aromatic carbocycles. The van der Waals surface area contributed by atoms with Crippen molar-refractivity contribution in [1.82, 2.24) is 5.32 Å². The normalized spacial score (nSPS) is 13.3. The van der Waals surface area contributed by atoms with E-state index in [0.717, 1.165) is 11.1 Å². The molecule has 0 aliphatic carbocycles. The molecule has 0 spiro atoms. The van der Waals surface area contributed by atoms with E-state index in [1.54, 1.807) is 12.1 Å². The van der Waals surface area contributed by atoms with E-state index in [1.807, 2.05) is 36.4 Å². The molecule has 2 amide bonds.